The van der Waals surface area contributed by atoms with E-state index in [9.17, 15) is 0 Å². The number of rotatable bonds is 6. The number of ether oxygens (including phenoxy) is 2. The van der Waals surface area contributed by atoms with E-state index in [-0.39, 0.29) is 0 Å². The smallest absolute Gasteiger partial charge is 0.218 e. The van der Waals surface area contributed by atoms with Gasteiger partial charge < -0.3 is 13.7 Å². The molecule has 0 amide bonds. The van der Waals surface area contributed by atoms with E-state index in [0.29, 0.717) is 22.5 Å². The van der Waals surface area contributed by atoms with Gasteiger partial charge in [0.05, 0.1) is 20.3 Å². The molecule has 0 heterocycles. The molecule has 1 rings (SSSR count). The summed E-state index contributed by atoms with van der Waals surface area (Å²) in [6, 6.07) is 5.64. The minimum Gasteiger partial charge on any atom is -0.493 e. The highest BCUT2D eigenvalue weighted by Gasteiger charge is 2.23. The van der Waals surface area contributed by atoms with E-state index in [0.717, 1.165) is 5.56 Å². The first-order valence-electron chi connectivity index (χ1n) is 6.59. The lowest BCUT2D eigenvalue weighted by Gasteiger charge is -2.36. The molecule has 0 radical (unpaired) electrons. The van der Waals surface area contributed by atoms with Gasteiger partial charge >= 0.3 is 0 Å². The van der Waals surface area contributed by atoms with Gasteiger partial charge in [0.1, 0.15) is 0 Å². The molecular formula is C16H23NO3S. The SMILES string of the molecule is COc1cc(/C=C/C#N)cc(OC)c1OS(C)(C)C(C)C. The van der Waals surface area contributed by atoms with Crippen LogP contribution >= 0.6 is 10.3 Å². The maximum Gasteiger partial charge on any atom is 0.218 e. The number of methoxy groups -OCH3 is 2. The molecule has 1 aromatic carbocycles. The molecule has 0 aliphatic rings. The van der Waals surface area contributed by atoms with Crippen LogP contribution in [-0.4, -0.2) is 32.0 Å². The minimum atomic E-state index is -1.28. The van der Waals surface area contributed by atoms with Crippen molar-refractivity contribution in [3.05, 3.63) is 23.8 Å². The van der Waals surface area contributed by atoms with Crippen molar-refractivity contribution in [2.24, 2.45) is 0 Å². The lowest BCUT2D eigenvalue weighted by atomic mass is 10.1. The zero-order chi connectivity index (χ0) is 16.0. The summed E-state index contributed by atoms with van der Waals surface area (Å²) in [5.41, 5.74) is 0.829. The summed E-state index contributed by atoms with van der Waals surface area (Å²) >= 11 is 0. The van der Waals surface area contributed by atoms with Gasteiger partial charge in [-0.1, -0.05) is 24.2 Å². The van der Waals surface area contributed by atoms with Crippen LogP contribution < -0.4 is 13.7 Å². The number of hydrogen-bond donors (Lipinski definition) is 0. The second-order valence-electron chi connectivity index (χ2n) is 5.16. The number of benzene rings is 1. The fourth-order valence-corrected chi connectivity index (χ4v) is 2.31. The van der Waals surface area contributed by atoms with Crippen molar-refractivity contribution in [3.63, 3.8) is 0 Å². The summed E-state index contributed by atoms with van der Waals surface area (Å²) in [4.78, 5) is 0. The van der Waals surface area contributed by atoms with Gasteiger partial charge in [-0.25, -0.2) is 0 Å². The van der Waals surface area contributed by atoms with Crippen LogP contribution in [0.2, 0.25) is 0 Å². The van der Waals surface area contributed by atoms with Gasteiger partial charge in [-0.05, 0) is 36.3 Å². The van der Waals surface area contributed by atoms with Gasteiger partial charge in [0.15, 0.2) is 11.5 Å². The molecule has 1 aromatic rings. The van der Waals surface area contributed by atoms with Crippen LogP contribution in [0.15, 0.2) is 18.2 Å². The van der Waals surface area contributed by atoms with Gasteiger partial charge in [-0.2, -0.15) is 5.26 Å². The zero-order valence-electron chi connectivity index (χ0n) is 13.5. The Bertz CT molecular complexity index is 534. The van der Waals surface area contributed by atoms with Gasteiger partial charge in [0, 0.05) is 11.3 Å². The number of allylic oxidation sites excluding steroid dienone is 1. The highest BCUT2D eigenvalue weighted by molar-refractivity contribution is 8.29. The molecular weight excluding hydrogens is 286 g/mol. The molecule has 0 atom stereocenters. The third-order valence-corrected chi connectivity index (χ3v) is 6.13. The normalized spacial score (nSPS) is 12.3. The molecule has 0 spiro atoms. The Morgan fingerprint density at radius 3 is 2.05 bits per heavy atom. The molecule has 0 aliphatic heterocycles. The molecule has 0 saturated heterocycles. The monoisotopic (exact) mass is 309 g/mol. The fraction of sp³-hybridized carbons (Fsp3) is 0.438. The van der Waals surface area contributed by atoms with Crippen molar-refractivity contribution >= 4 is 16.4 Å². The Morgan fingerprint density at radius 1 is 1.14 bits per heavy atom. The molecule has 0 N–H and O–H groups in total. The number of nitriles is 1. The van der Waals surface area contributed by atoms with Crippen molar-refractivity contribution < 1.29 is 13.7 Å². The average molecular weight is 309 g/mol. The summed E-state index contributed by atoms with van der Waals surface area (Å²) in [5, 5.41) is 9.04. The Kier molecular flexibility index (Phi) is 5.98. The summed E-state index contributed by atoms with van der Waals surface area (Å²) in [5.74, 6) is 1.82. The lowest BCUT2D eigenvalue weighted by Crippen LogP contribution is -2.15. The standard InChI is InChI=1S/C16H23NO3S/c1-12(2)21(5,6)20-16-14(18-3)10-13(8-7-9-17)11-15(16)19-4/h7-8,10-12H,1-6H3/b8-7+. The molecule has 0 aromatic heterocycles. The number of hydrogen-bond acceptors (Lipinski definition) is 4. The van der Waals surface area contributed by atoms with Crippen molar-refractivity contribution in [2.45, 2.75) is 19.1 Å². The molecule has 0 saturated carbocycles. The van der Waals surface area contributed by atoms with Crippen LogP contribution in [0.25, 0.3) is 6.08 Å². The van der Waals surface area contributed by atoms with Gasteiger partial charge in [-0.3, -0.25) is 0 Å². The highest BCUT2D eigenvalue weighted by atomic mass is 32.3. The summed E-state index contributed by atoms with van der Waals surface area (Å²) in [6.45, 7) is 4.27. The first-order chi connectivity index (χ1) is 9.85. The second kappa shape index (κ2) is 7.28. The van der Waals surface area contributed by atoms with Crippen molar-refractivity contribution in [1.82, 2.24) is 0 Å². The third kappa shape index (κ3) is 4.33. The molecule has 0 fully saturated rings. The fourth-order valence-electron chi connectivity index (χ4n) is 1.52. The minimum absolute atomic E-state index is 0.407. The largest absolute Gasteiger partial charge is 0.493 e. The summed E-state index contributed by atoms with van der Waals surface area (Å²) in [7, 11) is 1.91. The van der Waals surface area contributed by atoms with Crippen molar-refractivity contribution in [2.75, 3.05) is 26.7 Å². The molecule has 0 aliphatic carbocycles. The predicted molar refractivity (Wildman–Crippen MR) is 89.4 cm³/mol. The second-order valence-corrected chi connectivity index (χ2v) is 8.89. The van der Waals surface area contributed by atoms with Crippen LogP contribution in [0.4, 0.5) is 0 Å². The zero-order valence-corrected chi connectivity index (χ0v) is 14.3. The first kappa shape index (κ1) is 17.3. The van der Waals surface area contributed by atoms with Crippen molar-refractivity contribution in [1.29, 1.82) is 5.26 Å². The summed E-state index contributed by atoms with van der Waals surface area (Å²) in [6.07, 6.45) is 7.34. The van der Waals surface area contributed by atoms with Crippen molar-refractivity contribution in [3.8, 4) is 23.3 Å². The van der Waals surface area contributed by atoms with Gasteiger partial charge in [0.25, 0.3) is 0 Å². The van der Waals surface area contributed by atoms with Crippen LogP contribution in [0.1, 0.15) is 19.4 Å². The third-order valence-electron chi connectivity index (χ3n) is 3.27. The quantitative estimate of drug-likeness (QED) is 0.745. The van der Waals surface area contributed by atoms with Crippen LogP contribution in [0.3, 0.4) is 0 Å². The maximum atomic E-state index is 8.63. The van der Waals surface area contributed by atoms with Gasteiger partial charge in [-0.15, -0.1) is 0 Å². The van der Waals surface area contributed by atoms with E-state index < -0.39 is 10.3 Å². The molecule has 21 heavy (non-hydrogen) atoms. The average Bonchev–Trinajstić information content (AvgIpc) is 2.45. The molecule has 0 unspecified atom stereocenters. The molecule has 0 bridgehead atoms. The topological polar surface area (TPSA) is 51.5 Å². The van der Waals surface area contributed by atoms with E-state index in [1.807, 2.05) is 18.2 Å². The Morgan fingerprint density at radius 2 is 1.67 bits per heavy atom. The van der Waals surface area contributed by atoms with Gasteiger partial charge in [0.2, 0.25) is 5.75 Å². The summed E-state index contributed by atoms with van der Waals surface area (Å²) < 4.78 is 17.1. The Hall–Kier alpha value is -1.80. The molecule has 4 nitrogen and oxygen atoms in total. The highest BCUT2D eigenvalue weighted by Crippen LogP contribution is 2.52. The molecule has 116 valence electrons. The van der Waals surface area contributed by atoms with E-state index in [1.165, 1.54) is 6.08 Å². The van der Waals surface area contributed by atoms with Crippen LogP contribution in [-0.2, 0) is 0 Å². The van der Waals surface area contributed by atoms with E-state index in [1.54, 1.807) is 20.3 Å². The molecule has 5 heteroatoms. The Labute approximate surface area is 128 Å². The number of nitrogens with zero attached hydrogens (tertiary/aromatic N) is 1. The van der Waals surface area contributed by atoms with E-state index in [2.05, 4.69) is 26.4 Å². The van der Waals surface area contributed by atoms with E-state index >= 15 is 0 Å². The van der Waals surface area contributed by atoms with E-state index in [4.69, 9.17) is 18.9 Å². The lowest BCUT2D eigenvalue weighted by molar-refractivity contribution is 0.368. The predicted octanol–water partition coefficient (Wildman–Crippen LogP) is 4.01. The van der Waals surface area contributed by atoms with Crippen LogP contribution in [0, 0.1) is 11.3 Å². The first-order valence-corrected chi connectivity index (χ1v) is 9.03. The Balaban J connectivity index is 3.31. The maximum absolute atomic E-state index is 8.63. The van der Waals surface area contributed by atoms with Crippen LogP contribution in [0.5, 0.6) is 17.2 Å².